The molecular weight excluding hydrogens is 217 g/mol. The third-order valence-electron chi connectivity index (χ3n) is 2.08. The summed E-state index contributed by atoms with van der Waals surface area (Å²) in [7, 11) is 0. The Bertz CT molecular complexity index is 354. The minimum atomic E-state index is -0.205. The van der Waals surface area contributed by atoms with Crippen LogP contribution < -0.4 is 5.32 Å². The highest BCUT2D eigenvalue weighted by atomic mass is 35.5. The number of nitrogens with one attached hydrogen (secondary N) is 1. The maximum Gasteiger partial charge on any atom is 0.234 e. The highest BCUT2D eigenvalue weighted by Gasteiger charge is 2.00. The molecular formula is C11H13ClFNO. The first-order valence-electron chi connectivity index (χ1n) is 4.71. The van der Waals surface area contributed by atoms with Crippen LogP contribution in [0.15, 0.2) is 18.2 Å². The van der Waals surface area contributed by atoms with E-state index in [1.807, 2.05) is 0 Å². The van der Waals surface area contributed by atoms with E-state index in [0.29, 0.717) is 18.5 Å². The lowest BCUT2D eigenvalue weighted by Gasteiger charge is -2.04. The number of aryl methyl sites for hydroxylation is 1. The van der Waals surface area contributed by atoms with Crippen molar-refractivity contribution in [2.75, 3.05) is 12.4 Å². The van der Waals surface area contributed by atoms with Crippen LogP contribution in [0.4, 0.5) is 4.39 Å². The molecule has 0 fully saturated rings. The molecule has 4 heteroatoms. The van der Waals surface area contributed by atoms with Crippen molar-refractivity contribution in [1.82, 2.24) is 5.32 Å². The smallest absolute Gasteiger partial charge is 0.234 e. The first kappa shape index (κ1) is 12.0. The largest absolute Gasteiger partial charge is 0.355 e. The second-order valence-electron chi connectivity index (χ2n) is 3.32. The van der Waals surface area contributed by atoms with Crippen LogP contribution >= 0.6 is 11.6 Å². The quantitative estimate of drug-likeness (QED) is 0.787. The zero-order valence-electron chi connectivity index (χ0n) is 8.52. The van der Waals surface area contributed by atoms with Gasteiger partial charge in [0.2, 0.25) is 5.91 Å². The number of alkyl halides is 1. The Labute approximate surface area is 93.4 Å². The Balaban J connectivity index is 2.44. The molecule has 0 aromatic heterocycles. The van der Waals surface area contributed by atoms with Crippen LogP contribution in [-0.2, 0) is 11.2 Å². The number of carbonyl (C=O) groups excluding carboxylic acids is 1. The van der Waals surface area contributed by atoms with Gasteiger partial charge in [0.05, 0.1) is 0 Å². The van der Waals surface area contributed by atoms with E-state index in [9.17, 15) is 9.18 Å². The lowest BCUT2D eigenvalue weighted by Crippen LogP contribution is -2.26. The molecule has 1 N–H and O–H groups in total. The number of hydrogen-bond acceptors (Lipinski definition) is 1. The van der Waals surface area contributed by atoms with Crippen LogP contribution in [0.2, 0.25) is 0 Å². The number of amides is 1. The monoisotopic (exact) mass is 229 g/mol. The van der Waals surface area contributed by atoms with Crippen molar-refractivity contribution >= 4 is 17.5 Å². The molecule has 0 bridgehead atoms. The van der Waals surface area contributed by atoms with Crippen molar-refractivity contribution in [2.24, 2.45) is 0 Å². The maximum absolute atomic E-state index is 12.9. The second kappa shape index (κ2) is 5.71. The van der Waals surface area contributed by atoms with Gasteiger partial charge in [-0.25, -0.2) is 4.39 Å². The molecule has 0 saturated carbocycles. The third kappa shape index (κ3) is 3.88. The summed E-state index contributed by atoms with van der Waals surface area (Å²) in [5, 5.41) is 2.65. The zero-order chi connectivity index (χ0) is 11.3. The Morgan fingerprint density at radius 3 is 2.87 bits per heavy atom. The van der Waals surface area contributed by atoms with Crippen LogP contribution in [0.5, 0.6) is 0 Å². The SMILES string of the molecule is Cc1cc(CCNC(=O)CCl)ccc1F. The number of rotatable bonds is 4. The van der Waals surface area contributed by atoms with Gasteiger partial charge in [0.15, 0.2) is 0 Å². The molecule has 0 radical (unpaired) electrons. The fourth-order valence-corrected chi connectivity index (χ4v) is 1.35. The van der Waals surface area contributed by atoms with Gasteiger partial charge in [-0.1, -0.05) is 12.1 Å². The Kier molecular flexibility index (Phi) is 4.56. The van der Waals surface area contributed by atoms with Crippen molar-refractivity contribution in [3.05, 3.63) is 35.1 Å². The third-order valence-corrected chi connectivity index (χ3v) is 2.32. The zero-order valence-corrected chi connectivity index (χ0v) is 9.27. The number of hydrogen-bond donors (Lipinski definition) is 1. The molecule has 0 unspecified atom stereocenters. The predicted molar refractivity (Wildman–Crippen MR) is 58.6 cm³/mol. The molecule has 0 aliphatic heterocycles. The van der Waals surface area contributed by atoms with Crippen LogP contribution in [0.25, 0.3) is 0 Å². The first-order valence-corrected chi connectivity index (χ1v) is 5.24. The molecule has 0 aliphatic carbocycles. The van der Waals surface area contributed by atoms with Gasteiger partial charge in [-0.15, -0.1) is 11.6 Å². The highest BCUT2D eigenvalue weighted by molar-refractivity contribution is 6.27. The maximum atomic E-state index is 12.9. The van der Waals surface area contributed by atoms with Gasteiger partial charge in [0, 0.05) is 6.54 Å². The molecule has 82 valence electrons. The first-order chi connectivity index (χ1) is 7.13. The van der Waals surface area contributed by atoms with Crippen molar-refractivity contribution in [1.29, 1.82) is 0 Å². The van der Waals surface area contributed by atoms with E-state index in [-0.39, 0.29) is 17.6 Å². The lowest BCUT2D eigenvalue weighted by molar-refractivity contribution is -0.118. The van der Waals surface area contributed by atoms with Gasteiger partial charge in [0.25, 0.3) is 0 Å². The standard InChI is InChI=1S/C11H13ClFNO/c1-8-6-9(2-3-10(8)13)4-5-14-11(15)7-12/h2-3,6H,4-5,7H2,1H3,(H,14,15). The Morgan fingerprint density at radius 2 is 2.27 bits per heavy atom. The van der Waals surface area contributed by atoms with E-state index < -0.39 is 0 Å². The van der Waals surface area contributed by atoms with E-state index in [0.717, 1.165) is 5.56 Å². The molecule has 0 atom stereocenters. The summed E-state index contributed by atoms with van der Waals surface area (Å²) in [6.07, 6.45) is 0.684. The number of carbonyl (C=O) groups is 1. The topological polar surface area (TPSA) is 29.1 Å². The van der Waals surface area contributed by atoms with Crippen molar-refractivity contribution < 1.29 is 9.18 Å². The minimum absolute atomic E-state index is 0.0254. The molecule has 2 nitrogen and oxygen atoms in total. The van der Waals surface area contributed by atoms with Gasteiger partial charge >= 0.3 is 0 Å². The van der Waals surface area contributed by atoms with E-state index in [1.165, 1.54) is 6.07 Å². The molecule has 15 heavy (non-hydrogen) atoms. The van der Waals surface area contributed by atoms with Crippen LogP contribution in [0.1, 0.15) is 11.1 Å². The van der Waals surface area contributed by atoms with Gasteiger partial charge in [0.1, 0.15) is 11.7 Å². The summed E-state index contributed by atoms with van der Waals surface area (Å²) in [5.41, 5.74) is 1.62. The Morgan fingerprint density at radius 1 is 1.53 bits per heavy atom. The summed E-state index contributed by atoms with van der Waals surface area (Å²) in [6, 6.07) is 4.94. The molecule has 1 rings (SSSR count). The van der Waals surface area contributed by atoms with Crippen LogP contribution in [-0.4, -0.2) is 18.3 Å². The summed E-state index contributed by atoms with van der Waals surface area (Å²) in [4.78, 5) is 10.8. The van der Waals surface area contributed by atoms with Gasteiger partial charge < -0.3 is 5.32 Å². The van der Waals surface area contributed by atoms with Crippen LogP contribution in [0.3, 0.4) is 0 Å². The molecule has 1 amide bonds. The highest BCUT2D eigenvalue weighted by Crippen LogP contribution is 2.09. The number of benzene rings is 1. The van der Waals surface area contributed by atoms with E-state index in [1.54, 1.807) is 19.1 Å². The summed E-state index contributed by atoms with van der Waals surface area (Å²) >= 11 is 5.32. The molecule has 0 aliphatic rings. The lowest BCUT2D eigenvalue weighted by atomic mass is 10.1. The average molecular weight is 230 g/mol. The fraction of sp³-hybridized carbons (Fsp3) is 0.364. The normalized spacial score (nSPS) is 10.1. The molecule has 0 spiro atoms. The average Bonchev–Trinajstić information content (AvgIpc) is 2.23. The van der Waals surface area contributed by atoms with Gasteiger partial charge in [-0.05, 0) is 30.5 Å². The number of halogens is 2. The van der Waals surface area contributed by atoms with E-state index >= 15 is 0 Å². The molecule has 0 saturated heterocycles. The fourth-order valence-electron chi connectivity index (χ4n) is 1.26. The van der Waals surface area contributed by atoms with E-state index in [4.69, 9.17) is 11.6 Å². The predicted octanol–water partition coefficient (Wildman–Crippen LogP) is 2.03. The Hall–Kier alpha value is -1.09. The summed E-state index contributed by atoms with van der Waals surface area (Å²) in [6.45, 7) is 2.24. The van der Waals surface area contributed by atoms with Crippen LogP contribution in [0, 0.1) is 12.7 Å². The molecule has 1 aromatic rings. The van der Waals surface area contributed by atoms with Crippen molar-refractivity contribution in [3.8, 4) is 0 Å². The minimum Gasteiger partial charge on any atom is -0.355 e. The summed E-state index contributed by atoms with van der Waals surface area (Å²) < 4.78 is 12.9. The molecule has 0 heterocycles. The van der Waals surface area contributed by atoms with Gasteiger partial charge in [-0.3, -0.25) is 4.79 Å². The molecule has 1 aromatic carbocycles. The second-order valence-corrected chi connectivity index (χ2v) is 3.58. The summed E-state index contributed by atoms with van der Waals surface area (Å²) in [5.74, 6) is -0.415. The van der Waals surface area contributed by atoms with Gasteiger partial charge in [-0.2, -0.15) is 0 Å². The van der Waals surface area contributed by atoms with Crippen molar-refractivity contribution in [2.45, 2.75) is 13.3 Å². The van der Waals surface area contributed by atoms with E-state index in [2.05, 4.69) is 5.32 Å². The van der Waals surface area contributed by atoms with Crippen molar-refractivity contribution in [3.63, 3.8) is 0 Å².